The monoisotopic (exact) mass is 275 g/mol. The lowest BCUT2D eigenvalue weighted by atomic mass is 9.85. The van der Waals surface area contributed by atoms with Gasteiger partial charge in [-0.15, -0.1) is 0 Å². The minimum absolute atomic E-state index is 0.181. The van der Waals surface area contributed by atoms with Crippen molar-refractivity contribution in [2.75, 3.05) is 7.11 Å². The Morgan fingerprint density at radius 3 is 2.80 bits per heavy atom. The van der Waals surface area contributed by atoms with Crippen LogP contribution in [0.15, 0.2) is 18.2 Å². The van der Waals surface area contributed by atoms with Crippen LogP contribution in [0.2, 0.25) is 0 Å². The Balaban J connectivity index is 1.78. The van der Waals surface area contributed by atoms with Gasteiger partial charge in [0.25, 0.3) is 0 Å². The average Bonchev–Trinajstić information content (AvgIpc) is 2.49. The van der Waals surface area contributed by atoms with Crippen LogP contribution in [0.3, 0.4) is 0 Å². The third-order valence-corrected chi connectivity index (χ3v) is 4.81. The van der Waals surface area contributed by atoms with Gasteiger partial charge in [-0.3, -0.25) is 0 Å². The van der Waals surface area contributed by atoms with Crippen LogP contribution >= 0.6 is 0 Å². The molecule has 1 aromatic rings. The van der Waals surface area contributed by atoms with Gasteiger partial charge in [0.1, 0.15) is 5.75 Å². The van der Waals surface area contributed by atoms with E-state index in [2.05, 4.69) is 23.5 Å². The number of aliphatic hydroxyl groups excluding tert-OH is 1. The quantitative estimate of drug-likeness (QED) is 0.891. The fourth-order valence-electron chi connectivity index (χ4n) is 3.64. The van der Waals surface area contributed by atoms with Crippen LogP contribution in [-0.4, -0.2) is 24.4 Å². The standard InChI is InChI=1S/C17H25NO2/c1-20-13-10-9-12-5-4-7-15(14(12)11-13)18-16-6-2-3-8-17(16)19/h9-11,15-19H,2-8H2,1H3. The summed E-state index contributed by atoms with van der Waals surface area (Å²) >= 11 is 0. The topological polar surface area (TPSA) is 41.5 Å². The van der Waals surface area contributed by atoms with E-state index < -0.39 is 0 Å². The highest BCUT2D eigenvalue weighted by molar-refractivity contribution is 5.39. The minimum Gasteiger partial charge on any atom is -0.497 e. The minimum atomic E-state index is -0.181. The first-order valence-corrected chi connectivity index (χ1v) is 7.89. The lowest BCUT2D eigenvalue weighted by molar-refractivity contribution is 0.0834. The van der Waals surface area contributed by atoms with Crippen LogP contribution in [-0.2, 0) is 6.42 Å². The van der Waals surface area contributed by atoms with Crippen LogP contribution < -0.4 is 10.1 Å². The van der Waals surface area contributed by atoms with Crippen molar-refractivity contribution in [1.82, 2.24) is 5.32 Å². The third-order valence-electron chi connectivity index (χ3n) is 4.81. The van der Waals surface area contributed by atoms with E-state index in [1.807, 2.05) is 0 Å². The van der Waals surface area contributed by atoms with E-state index in [0.717, 1.165) is 37.9 Å². The maximum atomic E-state index is 10.2. The predicted molar refractivity (Wildman–Crippen MR) is 80.1 cm³/mol. The van der Waals surface area contributed by atoms with Gasteiger partial charge in [-0.1, -0.05) is 18.9 Å². The number of methoxy groups -OCH3 is 1. The molecule has 1 aromatic carbocycles. The second-order valence-corrected chi connectivity index (χ2v) is 6.13. The molecule has 0 radical (unpaired) electrons. The maximum absolute atomic E-state index is 10.2. The number of nitrogens with one attached hydrogen (secondary N) is 1. The molecule has 2 aliphatic rings. The molecular formula is C17H25NO2. The number of aryl methyl sites for hydroxylation is 1. The molecule has 0 bridgehead atoms. The van der Waals surface area contributed by atoms with Crippen molar-refractivity contribution in [2.24, 2.45) is 0 Å². The van der Waals surface area contributed by atoms with Gasteiger partial charge in [0.2, 0.25) is 0 Å². The van der Waals surface area contributed by atoms with Gasteiger partial charge in [0.15, 0.2) is 0 Å². The fourth-order valence-corrected chi connectivity index (χ4v) is 3.64. The molecule has 3 nitrogen and oxygen atoms in total. The molecule has 0 aromatic heterocycles. The average molecular weight is 275 g/mol. The number of fused-ring (bicyclic) bond motifs is 1. The molecule has 2 aliphatic carbocycles. The number of aliphatic hydroxyl groups is 1. The summed E-state index contributed by atoms with van der Waals surface area (Å²) in [4.78, 5) is 0. The lowest BCUT2D eigenvalue weighted by Crippen LogP contribution is -2.44. The Morgan fingerprint density at radius 1 is 1.15 bits per heavy atom. The summed E-state index contributed by atoms with van der Waals surface area (Å²) in [6.07, 6.45) is 7.78. The van der Waals surface area contributed by atoms with Gasteiger partial charge < -0.3 is 15.2 Å². The van der Waals surface area contributed by atoms with Gasteiger partial charge in [0.05, 0.1) is 13.2 Å². The molecule has 20 heavy (non-hydrogen) atoms. The Labute approximate surface area is 121 Å². The number of hydrogen-bond acceptors (Lipinski definition) is 3. The first kappa shape index (κ1) is 13.9. The molecule has 3 rings (SSSR count). The zero-order valence-corrected chi connectivity index (χ0v) is 12.3. The molecule has 3 unspecified atom stereocenters. The van der Waals surface area contributed by atoms with E-state index in [1.165, 1.54) is 24.0 Å². The summed E-state index contributed by atoms with van der Waals surface area (Å²) in [6.45, 7) is 0. The van der Waals surface area contributed by atoms with Crippen LogP contribution in [0.4, 0.5) is 0 Å². The Bertz CT molecular complexity index is 460. The molecule has 3 heteroatoms. The maximum Gasteiger partial charge on any atom is 0.119 e. The predicted octanol–water partition coefficient (Wildman–Crippen LogP) is 2.97. The Kier molecular flexibility index (Phi) is 4.27. The molecular weight excluding hydrogens is 250 g/mol. The summed E-state index contributed by atoms with van der Waals surface area (Å²) in [5.74, 6) is 0.932. The number of hydrogen-bond donors (Lipinski definition) is 2. The van der Waals surface area contributed by atoms with Crippen molar-refractivity contribution < 1.29 is 9.84 Å². The normalized spacial score (nSPS) is 29.8. The summed E-state index contributed by atoms with van der Waals surface area (Å²) in [5, 5.41) is 13.9. The second-order valence-electron chi connectivity index (χ2n) is 6.13. The lowest BCUT2D eigenvalue weighted by Gasteiger charge is -2.35. The molecule has 0 aliphatic heterocycles. The zero-order chi connectivity index (χ0) is 13.9. The fraction of sp³-hybridized carbons (Fsp3) is 0.647. The van der Waals surface area contributed by atoms with Crippen molar-refractivity contribution >= 4 is 0 Å². The van der Waals surface area contributed by atoms with Crippen molar-refractivity contribution in [3.63, 3.8) is 0 Å². The van der Waals surface area contributed by atoms with Crippen LogP contribution in [0.5, 0.6) is 5.75 Å². The molecule has 0 saturated heterocycles. The SMILES string of the molecule is COc1ccc2c(c1)C(NC1CCCCC1O)CCC2. The number of rotatable bonds is 3. The number of benzene rings is 1. The molecule has 0 heterocycles. The second kappa shape index (κ2) is 6.15. The van der Waals surface area contributed by atoms with E-state index in [4.69, 9.17) is 4.74 Å². The summed E-state index contributed by atoms with van der Waals surface area (Å²) in [6, 6.07) is 7.04. The molecule has 0 spiro atoms. The first-order valence-electron chi connectivity index (χ1n) is 7.89. The van der Waals surface area contributed by atoms with Gasteiger partial charge in [0, 0.05) is 12.1 Å². The van der Waals surface area contributed by atoms with E-state index in [9.17, 15) is 5.11 Å². The van der Waals surface area contributed by atoms with Crippen LogP contribution in [0, 0.1) is 0 Å². The van der Waals surface area contributed by atoms with E-state index in [0.29, 0.717) is 6.04 Å². The molecule has 110 valence electrons. The Morgan fingerprint density at radius 2 is 2.00 bits per heavy atom. The van der Waals surface area contributed by atoms with Gasteiger partial charge in [-0.2, -0.15) is 0 Å². The van der Waals surface area contributed by atoms with Gasteiger partial charge in [-0.05, 0) is 55.4 Å². The van der Waals surface area contributed by atoms with E-state index in [-0.39, 0.29) is 12.1 Å². The highest BCUT2D eigenvalue weighted by Crippen LogP contribution is 2.34. The largest absolute Gasteiger partial charge is 0.497 e. The smallest absolute Gasteiger partial charge is 0.119 e. The summed E-state index contributed by atoms with van der Waals surface area (Å²) < 4.78 is 5.36. The highest BCUT2D eigenvalue weighted by Gasteiger charge is 2.28. The molecule has 2 N–H and O–H groups in total. The van der Waals surface area contributed by atoms with Crippen LogP contribution in [0.25, 0.3) is 0 Å². The van der Waals surface area contributed by atoms with Gasteiger partial charge in [-0.25, -0.2) is 0 Å². The van der Waals surface area contributed by atoms with E-state index in [1.54, 1.807) is 7.11 Å². The Hall–Kier alpha value is -1.06. The molecule has 3 atom stereocenters. The first-order chi connectivity index (χ1) is 9.78. The van der Waals surface area contributed by atoms with E-state index >= 15 is 0 Å². The molecule has 0 amide bonds. The summed E-state index contributed by atoms with van der Waals surface area (Å²) in [7, 11) is 1.72. The third kappa shape index (κ3) is 2.84. The van der Waals surface area contributed by atoms with Crippen molar-refractivity contribution in [3.8, 4) is 5.75 Å². The molecule has 1 fully saturated rings. The van der Waals surface area contributed by atoms with Crippen molar-refractivity contribution in [2.45, 2.75) is 63.1 Å². The van der Waals surface area contributed by atoms with Crippen molar-refractivity contribution in [3.05, 3.63) is 29.3 Å². The van der Waals surface area contributed by atoms with Crippen LogP contribution in [0.1, 0.15) is 55.7 Å². The summed E-state index contributed by atoms with van der Waals surface area (Å²) in [5.41, 5.74) is 2.80. The highest BCUT2D eigenvalue weighted by atomic mass is 16.5. The van der Waals surface area contributed by atoms with Gasteiger partial charge >= 0.3 is 0 Å². The van der Waals surface area contributed by atoms with Crippen molar-refractivity contribution in [1.29, 1.82) is 0 Å². The molecule has 1 saturated carbocycles. The zero-order valence-electron chi connectivity index (χ0n) is 12.3. The number of ether oxygens (including phenoxy) is 1.